The summed E-state index contributed by atoms with van der Waals surface area (Å²) in [5.41, 5.74) is 0.813. The van der Waals surface area contributed by atoms with Crippen LogP contribution in [0, 0.1) is 10.1 Å². The van der Waals surface area contributed by atoms with Crippen LogP contribution >= 0.6 is 0 Å². The van der Waals surface area contributed by atoms with Gasteiger partial charge in [-0.25, -0.2) is 0 Å². The number of rotatable bonds is 6. The van der Waals surface area contributed by atoms with Gasteiger partial charge in [0.15, 0.2) is 0 Å². The number of carbonyl (C=O) groups excluding carboxylic acids is 1. The van der Waals surface area contributed by atoms with Crippen LogP contribution in [0.25, 0.3) is 0 Å². The minimum Gasteiger partial charge on any atom is -0.530 e. The van der Waals surface area contributed by atoms with Gasteiger partial charge in [-0.05, 0) is 18.4 Å². The van der Waals surface area contributed by atoms with Gasteiger partial charge in [0.1, 0.15) is 6.09 Å². The monoisotopic (exact) mass is 249 g/mol. The maximum absolute atomic E-state index is 10.5. The molecule has 0 bridgehead atoms. The van der Waals surface area contributed by atoms with Gasteiger partial charge < -0.3 is 15.2 Å². The molecule has 1 amide bonds. The van der Waals surface area contributed by atoms with Crippen molar-refractivity contribution < 1.29 is 14.8 Å². The highest BCUT2D eigenvalue weighted by Crippen LogP contribution is 2.14. The molecule has 0 aliphatic carbocycles. The van der Waals surface area contributed by atoms with Crippen LogP contribution in [0.15, 0.2) is 36.9 Å². The van der Waals surface area contributed by atoms with E-state index in [-0.39, 0.29) is 11.7 Å². The lowest BCUT2D eigenvalue weighted by Gasteiger charge is -2.18. The first kappa shape index (κ1) is 13.7. The van der Waals surface area contributed by atoms with Gasteiger partial charge in [0.2, 0.25) is 0 Å². The Labute approximate surface area is 104 Å². The average molecular weight is 249 g/mol. The molecule has 1 N–H and O–H groups in total. The van der Waals surface area contributed by atoms with Crippen molar-refractivity contribution in [2.45, 2.75) is 18.9 Å². The molecule has 0 saturated carbocycles. The van der Waals surface area contributed by atoms with E-state index in [4.69, 9.17) is 0 Å². The van der Waals surface area contributed by atoms with E-state index in [0.717, 1.165) is 5.56 Å². The van der Waals surface area contributed by atoms with E-state index in [0.29, 0.717) is 12.8 Å². The fourth-order valence-electron chi connectivity index (χ4n) is 1.60. The molecule has 6 heteroatoms. The summed E-state index contributed by atoms with van der Waals surface area (Å²) < 4.78 is 0. The molecule has 96 valence electrons. The summed E-state index contributed by atoms with van der Waals surface area (Å²) in [6, 6.07) is 5.64. The number of nitrogens with zero attached hydrogens (tertiary/aromatic N) is 1. The molecule has 0 radical (unpaired) electrons. The van der Waals surface area contributed by atoms with Gasteiger partial charge in [0, 0.05) is 18.2 Å². The number of nitro benzene ring substituents is 1. The zero-order valence-corrected chi connectivity index (χ0v) is 9.67. The average Bonchev–Trinajstić information content (AvgIpc) is 2.29. The molecular weight excluding hydrogens is 236 g/mol. The predicted molar refractivity (Wildman–Crippen MR) is 63.9 cm³/mol. The molecule has 0 aromatic heterocycles. The molecule has 1 unspecified atom stereocenters. The third kappa shape index (κ3) is 4.25. The molecule has 0 aliphatic rings. The van der Waals surface area contributed by atoms with Crippen molar-refractivity contribution in [1.82, 2.24) is 5.32 Å². The first-order chi connectivity index (χ1) is 8.52. The van der Waals surface area contributed by atoms with Crippen molar-refractivity contribution in [3.63, 3.8) is 0 Å². The van der Waals surface area contributed by atoms with Crippen molar-refractivity contribution in [2.24, 2.45) is 0 Å². The number of non-ortho nitro benzene ring substituents is 1. The van der Waals surface area contributed by atoms with Crippen LogP contribution in [0.5, 0.6) is 0 Å². The summed E-state index contributed by atoms with van der Waals surface area (Å²) in [7, 11) is 0. The fourth-order valence-corrected chi connectivity index (χ4v) is 1.60. The Morgan fingerprint density at radius 2 is 2.06 bits per heavy atom. The first-order valence-corrected chi connectivity index (χ1v) is 5.34. The summed E-state index contributed by atoms with van der Waals surface area (Å²) in [6.45, 7) is 3.54. The van der Waals surface area contributed by atoms with Gasteiger partial charge >= 0.3 is 0 Å². The second-order valence-electron chi connectivity index (χ2n) is 3.78. The zero-order valence-electron chi connectivity index (χ0n) is 9.67. The lowest BCUT2D eigenvalue weighted by atomic mass is 10.0. The largest absolute Gasteiger partial charge is 0.530 e. The second-order valence-corrected chi connectivity index (χ2v) is 3.78. The third-order valence-electron chi connectivity index (χ3n) is 2.40. The number of carbonyl (C=O) groups is 1. The molecular formula is C12H13N2O4-. The highest BCUT2D eigenvalue weighted by molar-refractivity contribution is 5.62. The second kappa shape index (κ2) is 6.39. The lowest BCUT2D eigenvalue weighted by molar-refractivity contribution is -0.384. The minimum atomic E-state index is -1.34. The summed E-state index contributed by atoms with van der Waals surface area (Å²) in [5.74, 6) is 0. The topological polar surface area (TPSA) is 95.3 Å². The molecule has 0 spiro atoms. The Morgan fingerprint density at radius 3 is 2.50 bits per heavy atom. The smallest absolute Gasteiger partial charge is 0.269 e. The van der Waals surface area contributed by atoms with Crippen LogP contribution in [0.2, 0.25) is 0 Å². The predicted octanol–water partition coefficient (Wildman–Crippen LogP) is 1.01. The lowest BCUT2D eigenvalue weighted by Crippen LogP contribution is -2.44. The quantitative estimate of drug-likeness (QED) is 0.462. The van der Waals surface area contributed by atoms with Gasteiger partial charge in [-0.3, -0.25) is 10.1 Å². The van der Waals surface area contributed by atoms with Crippen molar-refractivity contribution in [1.29, 1.82) is 0 Å². The van der Waals surface area contributed by atoms with Crippen molar-refractivity contribution in [3.8, 4) is 0 Å². The molecule has 1 atom stereocenters. The number of amides is 1. The van der Waals surface area contributed by atoms with E-state index < -0.39 is 11.0 Å². The first-order valence-electron chi connectivity index (χ1n) is 5.34. The van der Waals surface area contributed by atoms with Crippen molar-refractivity contribution in [2.75, 3.05) is 0 Å². The molecule has 1 aromatic rings. The summed E-state index contributed by atoms with van der Waals surface area (Å²) in [5, 5.41) is 23.2. The SMILES string of the molecule is C=CCC(Cc1ccc([N+](=O)[O-])cc1)NC(=O)[O-]. The standard InChI is InChI=1S/C12H14N2O4/c1-2-3-10(13-12(15)16)8-9-4-6-11(7-5-9)14(17)18/h2,4-7,10,13H,1,3,8H2,(H,15,16)/p-1. The summed E-state index contributed by atoms with van der Waals surface area (Å²) in [4.78, 5) is 20.5. The normalized spacial score (nSPS) is 11.6. The Bertz CT molecular complexity index is 442. The molecule has 0 heterocycles. The Balaban J connectivity index is 2.71. The number of benzene rings is 1. The van der Waals surface area contributed by atoms with Crippen LogP contribution in [0.4, 0.5) is 10.5 Å². The van der Waals surface area contributed by atoms with Gasteiger partial charge in [-0.15, -0.1) is 6.58 Å². The molecule has 0 aliphatic heterocycles. The van der Waals surface area contributed by atoms with E-state index in [2.05, 4.69) is 11.9 Å². The van der Waals surface area contributed by atoms with E-state index in [1.807, 2.05) is 0 Å². The highest BCUT2D eigenvalue weighted by atomic mass is 16.6. The third-order valence-corrected chi connectivity index (χ3v) is 2.40. The summed E-state index contributed by atoms with van der Waals surface area (Å²) >= 11 is 0. The molecule has 6 nitrogen and oxygen atoms in total. The number of hydrogen-bond donors (Lipinski definition) is 1. The molecule has 1 rings (SSSR count). The van der Waals surface area contributed by atoms with E-state index in [9.17, 15) is 20.0 Å². The fraction of sp³-hybridized carbons (Fsp3) is 0.250. The number of nitro groups is 1. The highest BCUT2D eigenvalue weighted by Gasteiger charge is 2.09. The number of carboxylic acid groups (broad SMARTS) is 1. The van der Waals surface area contributed by atoms with Crippen molar-refractivity contribution in [3.05, 3.63) is 52.6 Å². The van der Waals surface area contributed by atoms with Gasteiger partial charge in [0.05, 0.1) is 4.92 Å². The number of hydrogen-bond acceptors (Lipinski definition) is 4. The van der Waals surface area contributed by atoms with Crippen LogP contribution in [-0.2, 0) is 6.42 Å². The Kier molecular flexibility index (Phi) is 4.86. The Hall–Kier alpha value is -2.37. The van der Waals surface area contributed by atoms with Crippen LogP contribution in [0.3, 0.4) is 0 Å². The molecule has 0 fully saturated rings. The van der Waals surface area contributed by atoms with E-state index in [1.165, 1.54) is 12.1 Å². The van der Waals surface area contributed by atoms with Crippen LogP contribution < -0.4 is 10.4 Å². The van der Waals surface area contributed by atoms with E-state index >= 15 is 0 Å². The van der Waals surface area contributed by atoms with Crippen molar-refractivity contribution >= 4 is 11.8 Å². The Morgan fingerprint density at radius 1 is 1.44 bits per heavy atom. The van der Waals surface area contributed by atoms with E-state index in [1.54, 1.807) is 18.2 Å². The maximum atomic E-state index is 10.5. The zero-order chi connectivity index (χ0) is 13.5. The maximum Gasteiger partial charge on any atom is 0.269 e. The minimum absolute atomic E-state index is 0.00637. The van der Waals surface area contributed by atoms with Crippen LogP contribution in [0.1, 0.15) is 12.0 Å². The number of nitrogens with one attached hydrogen (secondary N) is 1. The van der Waals surface area contributed by atoms with Gasteiger partial charge in [-0.2, -0.15) is 0 Å². The van der Waals surface area contributed by atoms with Gasteiger partial charge in [0.25, 0.3) is 5.69 Å². The summed E-state index contributed by atoms with van der Waals surface area (Å²) in [6.07, 6.45) is 1.15. The van der Waals surface area contributed by atoms with Gasteiger partial charge in [-0.1, -0.05) is 18.2 Å². The molecule has 18 heavy (non-hydrogen) atoms. The molecule has 0 saturated heterocycles. The van der Waals surface area contributed by atoms with Crippen LogP contribution in [-0.4, -0.2) is 17.1 Å². The molecule has 1 aromatic carbocycles.